The molecule has 0 aliphatic carbocycles. The average molecular weight is 247 g/mol. The topological polar surface area (TPSA) is 46.5 Å². The van der Waals surface area contributed by atoms with E-state index in [9.17, 15) is 14.3 Å². The molecule has 3 nitrogen and oxygen atoms in total. The number of halogens is 2. The third kappa shape index (κ3) is 2.71. The smallest absolute Gasteiger partial charge is 0.311 e. The largest absolute Gasteiger partial charge is 0.469 e. The Morgan fingerprint density at radius 1 is 1.56 bits per heavy atom. The van der Waals surface area contributed by atoms with Gasteiger partial charge in [0.1, 0.15) is 5.82 Å². The molecule has 0 heterocycles. The number of aliphatic hydroxyl groups is 1. The zero-order valence-electron chi connectivity index (χ0n) is 8.91. The Balaban J connectivity index is 2.91. The molecule has 2 unspecified atom stereocenters. The first-order valence-electron chi connectivity index (χ1n) is 4.68. The summed E-state index contributed by atoms with van der Waals surface area (Å²) in [6.45, 7) is 1.50. The van der Waals surface area contributed by atoms with E-state index in [2.05, 4.69) is 4.74 Å². The summed E-state index contributed by atoms with van der Waals surface area (Å²) < 4.78 is 17.6. The van der Waals surface area contributed by atoms with E-state index >= 15 is 0 Å². The molecule has 1 aromatic carbocycles. The zero-order chi connectivity index (χ0) is 12.3. The molecule has 0 saturated heterocycles. The Hall–Kier alpha value is -1.13. The van der Waals surface area contributed by atoms with Crippen LogP contribution in [0.3, 0.4) is 0 Å². The monoisotopic (exact) mass is 246 g/mol. The number of benzene rings is 1. The van der Waals surface area contributed by atoms with E-state index in [-0.39, 0.29) is 5.02 Å². The van der Waals surface area contributed by atoms with Crippen LogP contribution in [0.15, 0.2) is 18.2 Å². The molecule has 88 valence electrons. The van der Waals surface area contributed by atoms with Crippen LogP contribution in [0.4, 0.5) is 4.39 Å². The van der Waals surface area contributed by atoms with Crippen molar-refractivity contribution in [1.82, 2.24) is 0 Å². The first-order chi connectivity index (χ1) is 7.47. The van der Waals surface area contributed by atoms with Gasteiger partial charge >= 0.3 is 5.97 Å². The van der Waals surface area contributed by atoms with Crippen molar-refractivity contribution < 1.29 is 19.0 Å². The lowest BCUT2D eigenvalue weighted by Crippen LogP contribution is -2.20. The predicted octanol–water partition coefficient (Wildman–Crippen LogP) is 2.32. The van der Waals surface area contributed by atoms with E-state index in [0.717, 1.165) is 6.07 Å². The molecule has 0 amide bonds. The Morgan fingerprint density at radius 3 is 2.69 bits per heavy atom. The highest BCUT2D eigenvalue weighted by Crippen LogP contribution is 2.25. The SMILES string of the molecule is COC(=O)C(C)C(O)c1ccc(Cl)c(F)c1. The fourth-order valence-electron chi connectivity index (χ4n) is 1.30. The highest BCUT2D eigenvalue weighted by atomic mass is 35.5. The second kappa shape index (κ2) is 5.27. The molecule has 0 spiro atoms. The third-order valence-electron chi connectivity index (χ3n) is 2.33. The molecule has 0 fully saturated rings. The minimum absolute atomic E-state index is 0.0262. The van der Waals surface area contributed by atoms with Crippen molar-refractivity contribution in [3.63, 3.8) is 0 Å². The van der Waals surface area contributed by atoms with Crippen molar-refractivity contribution in [3.8, 4) is 0 Å². The van der Waals surface area contributed by atoms with Crippen molar-refractivity contribution in [3.05, 3.63) is 34.6 Å². The van der Waals surface area contributed by atoms with Gasteiger partial charge in [0.25, 0.3) is 0 Å². The van der Waals surface area contributed by atoms with Crippen LogP contribution in [0.5, 0.6) is 0 Å². The number of hydrogen-bond acceptors (Lipinski definition) is 3. The Morgan fingerprint density at radius 2 is 2.19 bits per heavy atom. The van der Waals surface area contributed by atoms with Crippen LogP contribution in [0, 0.1) is 11.7 Å². The van der Waals surface area contributed by atoms with Crippen LogP contribution < -0.4 is 0 Å². The highest BCUT2D eigenvalue weighted by Gasteiger charge is 2.24. The number of hydrogen-bond donors (Lipinski definition) is 1. The molecule has 0 aliphatic rings. The second-order valence-corrected chi connectivity index (χ2v) is 3.84. The summed E-state index contributed by atoms with van der Waals surface area (Å²) in [5, 5.41) is 9.77. The first kappa shape index (κ1) is 12.9. The van der Waals surface area contributed by atoms with E-state index in [1.54, 1.807) is 0 Å². The summed E-state index contributed by atoms with van der Waals surface area (Å²) in [7, 11) is 1.23. The van der Waals surface area contributed by atoms with Crippen molar-refractivity contribution >= 4 is 17.6 Å². The molecule has 0 aromatic heterocycles. The lowest BCUT2D eigenvalue weighted by molar-refractivity contribution is -0.148. The fourth-order valence-corrected chi connectivity index (χ4v) is 1.42. The number of ether oxygens (including phenoxy) is 1. The summed E-state index contributed by atoms with van der Waals surface area (Å²) in [5.41, 5.74) is 0.291. The van der Waals surface area contributed by atoms with Gasteiger partial charge in [0.05, 0.1) is 24.2 Å². The van der Waals surface area contributed by atoms with Gasteiger partial charge in [0.2, 0.25) is 0 Å². The minimum atomic E-state index is -1.11. The van der Waals surface area contributed by atoms with Crippen molar-refractivity contribution in [2.45, 2.75) is 13.0 Å². The molecule has 0 bridgehead atoms. The van der Waals surface area contributed by atoms with Gasteiger partial charge < -0.3 is 9.84 Å². The molecule has 16 heavy (non-hydrogen) atoms. The standard InChI is InChI=1S/C11H12ClFO3/c1-6(11(15)16-2)10(14)7-3-4-8(12)9(13)5-7/h3-6,10,14H,1-2H3. The van der Waals surface area contributed by atoms with E-state index in [1.165, 1.54) is 26.2 Å². The molecule has 0 radical (unpaired) electrons. The van der Waals surface area contributed by atoms with Crippen LogP contribution in [0.25, 0.3) is 0 Å². The highest BCUT2D eigenvalue weighted by molar-refractivity contribution is 6.30. The molecule has 0 aliphatic heterocycles. The normalized spacial score (nSPS) is 14.3. The maximum atomic E-state index is 13.1. The van der Waals surface area contributed by atoms with Gasteiger partial charge in [-0.15, -0.1) is 0 Å². The maximum Gasteiger partial charge on any atom is 0.311 e. The summed E-state index contributed by atoms with van der Waals surface area (Å²) in [6.07, 6.45) is -1.11. The minimum Gasteiger partial charge on any atom is -0.469 e. The van der Waals surface area contributed by atoms with Gasteiger partial charge in [0.15, 0.2) is 0 Å². The Bertz CT molecular complexity index is 395. The molecule has 5 heteroatoms. The van der Waals surface area contributed by atoms with Gasteiger partial charge in [-0.05, 0) is 24.6 Å². The Kier molecular flexibility index (Phi) is 4.26. The van der Waals surface area contributed by atoms with E-state index in [4.69, 9.17) is 11.6 Å². The average Bonchev–Trinajstić information content (AvgIpc) is 2.29. The predicted molar refractivity (Wildman–Crippen MR) is 57.5 cm³/mol. The van der Waals surface area contributed by atoms with Crippen molar-refractivity contribution in [2.24, 2.45) is 5.92 Å². The molecule has 1 rings (SSSR count). The quantitative estimate of drug-likeness (QED) is 0.833. The van der Waals surface area contributed by atoms with Gasteiger partial charge in [-0.2, -0.15) is 0 Å². The van der Waals surface area contributed by atoms with Crippen LogP contribution in [0.1, 0.15) is 18.6 Å². The molecular formula is C11H12ClFO3. The summed E-state index contributed by atoms with van der Waals surface area (Å²) in [6, 6.07) is 3.90. The number of carbonyl (C=O) groups excluding carboxylic acids is 1. The summed E-state index contributed by atoms with van der Waals surface area (Å²) in [4.78, 5) is 11.2. The number of carbonyl (C=O) groups is 1. The third-order valence-corrected chi connectivity index (χ3v) is 2.64. The number of rotatable bonds is 3. The second-order valence-electron chi connectivity index (χ2n) is 3.43. The summed E-state index contributed by atoms with van der Waals surface area (Å²) in [5.74, 6) is -1.94. The number of esters is 1. The van der Waals surface area contributed by atoms with E-state index in [0.29, 0.717) is 5.56 Å². The first-order valence-corrected chi connectivity index (χ1v) is 5.06. The zero-order valence-corrected chi connectivity index (χ0v) is 9.66. The molecule has 2 atom stereocenters. The maximum absolute atomic E-state index is 13.1. The van der Waals surface area contributed by atoms with E-state index < -0.39 is 23.8 Å². The van der Waals surface area contributed by atoms with Gasteiger partial charge in [0, 0.05) is 0 Å². The van der Waals surface area contributed by atoms with E-state index in [1.807, 2.05) is 0 Å². The summed E-state index contributed by atoms with van der Waals surface area (Å²) >= 11 is 5.51. The lowest BCUT2D eigenvalue weighted by atomic mass is 9.97. The van der Waals surface area contributed by atoms with Crippen molar-refractivity contribution in [1.29, 1.82) is 0 Å². The van der Waals surface area contributed by atoms with Gasteiger partial charge in [-0.1, -0.05) is 17.7 Å². The van der Waals surface area contributed by atoms with Gasteiger partial charge in [-0.3, -0.25) is 4.79 Å². The molecule has 0 saturated carbocycles. The number of methoxy groups -OCH3 is 1. The lowest BCUT2D eigenvalue weighted by Gasteiger charge is -2.17. The number of aliphatic hydroxyl groups excluding tert-OH is 1. The Labute approximate surface area is 97.8 Å². The molecule has 1 N–H and O–H groups in total. The van der Waals surface area contributed by atoms with Crippen LogP contribution in [-0.4, -0.2) is 18.2 Å². The molecule has 1 aromatic rings. The van der Waals surface area contributed by atoms with Gasteiger partial charge in [-0.25, -0.2) is 4.39 Å². The van der Waals surface area contributed by atoms with Crippen LogP contribution >= 0.6 is 11.6 Å². The molecular weight excluding hydrogens is 235 g/mol. The van der Waals surface area contributed by atoms with Crippen LogP contribution in [0.2, 0.25) is 5.02 Å². The van der Waals surface area contributed by atoms with Crippen molar-refractivity contribution in [2.75, 3.05) is 7.11 Å². The fraction of sp³-hybridized carbons (Fsp3) is 0.364. The van der Waals surface area contributed by atoms with Crippen LogP contribution in [-0.2, 0) is 9.53 Å².